The maximum absolute atomic E-state index is 6.39. The molecule has 1 saturated carbocycles. The van der Waals surface area contributed by atoms with Crippen LogP contribution in [0.4, 0.5) is 17.1 Å². The molecule has 0 unspecified atom stereocenters. The van der Waals surface area contributed by atoms with Gasteiger partial charge in [0.2, 0.25) is 0 Å². The average molecular weight is 642 g/mol. The average Bonchev–Trinajstić information content (AvgIpc) is 3.79. The number of para-hydroxylation sites is 2. The smallest absolute Gasteiger partial charge is 0.137 e. The first-order chi connectivity index (χ1) is 24.8. The van der Waals surface area contributed by atoms with E-state index in [-0.39, 0.29) is 10.8 Å². The Bertz CT molecular complexity index is 2570. The lowest BCUT2D eigenvalue weighted by Crippen LogP contribution is -2.39. The van der Waals surface area contributed by atoms with Crippen molar-refractivity contribution in [1.82, 2.24) is 0 Å². The normalized spacial score (nSPS) is 16.0. The minimum absolute atomic E-state index is 0.0453. The molecule has 7 aromatic carbocycles. The second-order valence-corrected chi connectivity index (χ2v) is 14.5. The number of rotatable bonds is 3. The van der Waals surface area contributed by atoms with E-state index < -0.39 is 0 Å². The first-order valence-electron chi connectivity index (χ1n) is 17.9. The molecule has 2 spiro atoms. The SMILES string of the molecule is c1ccc(N(c2ccc3c(c2)C2(CCC4(CC2)c2ccccc2-c2ccccc24)c2ccccc2-3)c2cccc3oc4ccccc4c23)cc1. The van der Waals surface area contributed by atoms with Crippen LogP contribution in [0.3, 0.4) is 0 Å². The van der Waals surface area contributed by atoms with Crippen molar-refractivity contribution in [2.75, 3.05) is 4.90 Å². The van der Waals surface area contributed by atoms with Crippen LogP contribution >= 0.6 is 0 Å². The van der Waals surface area contributed by atoms with Crippen LogP contribution in [0, 0.1) is 0 Å². The van der Waals surface area contributed by atoms with Gasteiger partial charge in [-0.3, -0.25) is 0 Å². The second kappa shape index (κ2) is 10.3. The number of hydrogen-bond acceptors (Lipinski definition) is 2. The Kier molecular flexibility index (Phi) is 5.79. The molecule has 0 radical (unpaired) electrons. The highest BCUT2D eigenvalue weighted by Crippen LogP contribution is 2.64. The van der Waals surface area contributed by atoms with E-state index in [1.54, 1.807) is 0 Å². The van der Waals surface area contributed by atoms with E-state index in [0.29, 0.717) is 0 Å². The van der Waals surface area contributed by atoms with Crippen LogP contribution in [0.25, 0.3) is 44.2 Å². The Balaban J connectivity index is 1.09. The van der Waals surface area contributed by atoms with Crippen LogP contribution < -0.4 is 4.90 Å². The molecule has 0 saturated heterocycles. The minimum atomic E-state index is -0.0453. The number of fused-ring (bicyclic) bond motifs is 13. The molecule has 2 nitrogen and oxygen atoms in total. The Morgan fingerprint density at radius 2 is 0.920 bits per heavy atom. The highest BCUT2D eigenvalue weighted by atomic mass is 16.3. The fourth-order valence-electron chi connectivity index (χ4n) is 10.1. The molecule has 1 aromatic heterocycles. The molecule has 1 fully saturated rings. The summed E-state index contributed by atoms with van der Waals surface area (Å²) in [5.41, 5.74) is 16.9. The zero-order valence-corrected chi connectivity index (χ0v) is 27.8. The molecule has 3 aliphatic carbocycles. The molecular formula is C48H35NO. The van der Waals surface area contributed by atoms with Crippen LogP contribution in [-0.2, 0) is 10.8 Å². The van der Waals surface area contributed by atoms with E-state index in [9.17, 15) is 0 Å². The summed E-state index contributed by atoms with van der Waals surface area (Å²) < 4.78 is 6.39. The summed E-state index contributed by atoms with van der Waals surface area (Å²) in [7, 11) is 0. The van der Waals surface area contributed by atoms with E-state index in [2.05, 4.69) is 163 Å². The third kappa shape index (κ3) is 3.68. The molecule has 0 bridgehead atoms. The van der Waals surface area contributed by atoms with Gasteiger partial charge in [0.15, 0.2) is 0 Å². The van der Waals surface area contributed by atoms with Crippen LogP contribution in [-0.4, -0.2) is 0 Å². The molecule has 11 rings (SSSR count). The standard InChI is InChI=1S/C48H35NO/c1-2-13-32(14-3-1)49(43-22-12-24-45-46(43)38-18-7-11-23-44(38)50-45)33-25-26-37-36-17-6-10-21-41(36)48(42(37)31-33)29-27-47(28-30-48)39-19-8-4-15-34(39)35-16-5-9-20-40(35)47/h1-26,31H,27-30H2. The van der Waals surface area contributed by atoms with Crippen molar-refractivity contribution in [3.05, 3.63) is 186 Å². The molecule has 0 N–H and O–H groups in total. The van der Waals surface area contributed by atoms with Gasteiger partial charge in [0.05, 0.1) is 11.1 Å². The highest BCUT2D eigenvalue weighted by Gasteiger charge is 2.53. The van der Waals surface area contributed by atoms with Crippen molar-refractivity contribution in [3.63, 3.8) is 0 Å². The summed E-state index contributed by atoms with van der Waals surface area (Å²) in [6, 6.07) is 60.5. The van der Waals surface area contributed by atoms with Gasteiger partial charge < -0.3 is 9.32 Å². The predicted molar refractivity (Wildman–Crippen MR) is 206 cm³/mol. The maximum Gasteiger partial charge on any atom is 0.137 e. The fraction of sp³-hybridized carbons (Fsp3) is 0.125. The van der Waals surface area contributed by atoms with Gasteiger partial charge in [0.25, 0.3) is 0 Å². The number of furan rings is 1. The van der Waals surface area contributed by atoms with E-state index in [0.717, 1.165) is 59.0 Å². The highest BCUT2D eigenvalue weighted by molar-refractivity contribution is 6.13. The van der Waals surface area contributed by atoms with Gasteiger partial charge in [0.1, 0.15) is 11.2 Å². The van der Waals surface area contributed by atoms with Crippen LogP contribution in [0.1, 0.15) is 47.9 Å². The molecule has 238 valence electrons. The van der Waals surface area contributed by atoms with Crippen molar-refractivity contribution in [2.24, 2.45) is 0 Å². The van der Waals surface area contributed by atoms with Crippen molar-refractivity contribution < 1.29 is 4.42 Å². The molecule has 2 heteroatoms. The van der Waals surface area contributed by atoms with Crippen LogP contribution in [0.5, 0.6) is 0 Å². The fourth-order valence-corrected chi connectivity index (χ4v) is 10.1. The summed E-state index contributed by atoms with van der Waals surface area (Å²) in [4.78, 5) is 2.44. The van der Waals surface area contributed by atoms with Gasteiger partial charge in [-0.15, -0.1) is 0 Å². The lowest BCUT2D eigenvalue weighted by atomic mass is 9.57. The zero-order valence-electron chi connectivity index (χ0n) is 27.8. The first kappa shape index (κ1) is 28.0. The zero-order chi connectivity index (χ0) is 32.9. The molecule has 8 aromatic rings. The van der Waals surface area contributed by atoms with Crippen molar-refractivity contribution in [1.29, 1.82) is 0 Å². The van der Waals surface area contributed by atoms with Gasteiger partial charge >= 0.3 is 0 Å². The van der Waals surface area contributed by atoms with E-state index in [4.69, 9.17) is 4.42 Å². The van der Waals surface area contributed by atoms with Crippen molar-refractivity contribution in [3.8, 4) is 22.3 Å². The number of anilines is 3. The second-order valence-electron chi connectivity index (χ2n) is 14.5. The van der Waals surface area contributed by atoms with Gasteiger partial charge in [-0.2, -0.15) is 0 Å². The summed E-state index contributed by atoms with van der Waals surface area (Å²) >= 11 is 0. The van der Waals surface area contributed by atoms with Crippen molar-refractivity contribution in [2.45, 2.75) is 36.5 Å². The largest absolute Gasteiger partial charge is 0.456 e. The first-order valence-corrected chi connectivity index (χ1v) is 17.9. The lowest BCUT2D eigenvalue weighted by Gasteiger charge is -2.45. The molecule has 0 amide bonds. The van der Waals surface area contributed by atoms with E-state index in [1.807, 2.05) is 6.07 Å². The minimum Gasteiger partial charge on any atom is -0.456 e. The van der Waals surface area contributed by atoms with Gasteiger partial charge in [-0.1, -0.05) is 121 Å². The lowest BCUT2D eigenvalue weighted by molar-refractivity contribution is 0.265. The number of nitrogens with zero attached hydrogens (tertiary/aromatic N) is 1. The Morgan fingerprint density at radius 3 is 1.58 bits per heavy atom. The van der Waals surface area contributed by atoms with Crippen LogP contribution in [0.15, 0.2) is 168 Å². The Labute approximate surface area is 292 Å². The molecule has 1 heterocycles. The van der Waals surface area contributed by atoms with E-state index >= 15 is 0 Å². The topological polar surface area (TPSA) is 16.4 Å². The summed E-state index contributed by atoms with van der Waals surface area (Å²) in [6.07, 6.45) is 4.47. The maximum atomic E-state index is 6.39. The molecular weight excluding hydrogens is 607 g/mol. The Morgan fingerprint density at radius 1 is 0.400 bits per heavy atom. The van der Waals surface area contributed by atoms with Crippen LogP contribution in [0.2, 0.25) is 0 Å². The summed E-state index contributed by atoms with van der Waals surface area (Å²) in [5.74, 6) is 0. The third-order valence-electron chi connectivity index (χ3n) is 12.3. The molecule has 0 atom stereocenters. The summed E-state index contributed by atoms with van der Waals surface area (Å²) in [5, 5.41) is 2.28. The number of hydrogen-bond donors (Lipinski definition) is 0. The third-order valence-corrected chi connectivity index (χ3v) is 12.3. The van der Waals surface area contributed by atoms with Gasteiger partial charge in [-0.25, -0.2) is 0 Å². The number of benzene rings is 7. The monoisotopic (exact) mass is 641 g/mol. The van der Waals surface area contributed by atoms with Crippen molar-refractivity contribution >= 4 is 39.0 Å². The van der Waals surface area contributed by atoms with Gasteiger partial charge in [0, 0.05) is 27.6 Å². The Hall–Kier alpha value is -5.86. The van der Waals surface area contributed by atoms with E-state index in [1.165, 1.54) is 50.2 Å². The quantitative estimate of drug-likeness (QED) is 0.191. The molecule has 0 aliphatic heterocycles. The van der Waals surface area contributed by atoms with Gasteiger partial charge in [-0.05, 0) is 113 Å². The predicted octanol–water partition coefficient (Wildman–Crippen LogP) is 12.9. The summed E-state index contributed by atoms with van der Waals surface area (Å²) in [6.45, 7) is 0. The molecule has 50 heavy (non-hydrogen) atoms. The molecule has 3 aliphatic rings.